The van der Waals surface area contributed by atoms with Gasteiger partial charge in [0.2, 0.25) is 0 Å². The van der Waals surface area contributed by atoms with Gasteiger partial charge in [0.15, 0.2) is 5.65 Å². The van der Waals surface area contributed by atoms with Crippen LogP contribution < -0.4 is 5.32 Å². The number of nitrogens with one attached hydrogen (secondary N) is 1. The average molecular weight is 401 g/mol. The highest BCUT2D eigenvalue weighted by molar-refractivity contribution is 5.99. The summed E-state index contributed by atoms with van der Waals surface area (Å²) in [5.41, 5.74) is 2.93. The largest absolute Gasteiger partial charge is 0.351 e. The Bertz CT molecular complexity index is 1180. The summed E-state index contributed by atoms with van der Waals surface area (Å²) in [6.07, 6.45) is 8.47. The zero-order valence-corrected chi connectivity index (χ0v) is 16.7. The van der Waals surface area contributed by atoms with Crippen LogP contribution in [0.1, 0.15) is 41.3 Å². The molecule has 1 N–H and O–H groups in total. The lowest BCUT2D eigenvalue weighted by Gasteiger charge is -2.08. The molecule has 0 spiro atoms. The monoisotopic (exact) mass is 401 g/mol. The van der Waals surface area contributed by atoms with Gasteiger partial charge in [-0.3, -0.25) is 4.79 Å². The fourth-order valence-electron chi connectivity index (χ4n) is 3.99. The summed E-state index contributed by atoms with van der Waals surface area (Å²) in [5, 5.41) is 16.0. The third-order valence-corrected chi connectivity index (χ3v) is 5.54. The molecule has 0 aliphatic carbocycles. The number of carbonyl (C=O) groups excluding carboxylic acids is 1. The van der Waals surface area contributed by atoms with Crippen molar-refractivity contribution in [1.82, 2.24) is 34.7 Å². The number of fused-ring (bicyclic) bond motifs is 2. The van der Waals surface area contributed by atoms with E-state index in [0.29, 0.717) is 24.2 Å². The second-order valence-corrected chi connectivity index (χ2v) is 7.49. The summed E-state index contributed by atoms with van der Waals surface area (Å²) in [6, 6.07) is 11.8. The molecule has 8 nitrogen and oxygen atoms in total. The van der Waals surface area contributed by atoms with E-state index in [1.54, 1.807) is 16.9 Å². The third kappa shape index (κ3) is 3.45. The van der Waals surface area contributed by atoms with Crippen LogP contribution in [0.3, 0.4) is 0 Å². The maximum atomic E-state index is 12.8. The van der Waals surface area contributed by atoms with Crippen molar-refractivity contribution < 1.29 is 4.79 Å². The first-order valence-electron chi connectivity index (χ1n) is 10.4. The van der Waals surface area contributed by atoms with Gasteiger partial charge in [0.25, 0.3) is 5.91 Å². The van der Waals surface area contributed by atoms with Crippen LogP contribution in [0.4, 0.5) is 0 Å². The van der Waals surface area contributed by atoms with Gasteiger partial charge in [0.1, 0.15) is 17.2 Å². The topological polar surface area (TPSA) is 90.0 Å². The molecule has 0 bridgehead atoms. The summed E-state index contributed by atoms with van der Waals surface area (Å²) < 4.78 is 3.92. The summed E-state index contributed by atoms with van der Waals surface area (Å²) in [6.45, 7) is 1.46. The SMILES string of the molecule is O=C(NCCc1nnc2n1CCCCC2)c1cnn2c(-c3ccccc3)ccnc12. The second kappa shape index (κ2) is 8.06. The molecular weight excluding hydrogens is 378 g/mol. The van der Waals surface area contributed by atoms with E-state index < -0.39 is 0 Å². The maximum absolute atomic E-state index is 12.8. The van der Waals surface area contributed by atoms with Crippen molar-refractivity contribution in [2.75, 3.05) is 6.54 Å². The van der Waals surface area contributed by atoms with Crippen molar-refractivity contribution in [3.63, 3.8) is 0 Å². The Kier molecular flexibility index (Phi) is 4.96. The van der Waals surface area contributed by atoms with Crippen molar-refractivity contribution in [3.05, 3.63) is 66.0 Å². The number of rotatable bonds is 5. The van der Waals surface area contributed by atoms with E-state index in [9.17, 15) is 4.79 Å². The Morgan fingerprint density at radius 3 is 2.87 bits per heavy atom. The highest BCUT2D eigenvalue weighted by Crippen LogP contribution is 2.20. The Morgan fingerprint density at radius 1 is 1.07 bits per heavy atom. The van der Waals surface area contributed by atoms with Crippen LogP contribution >= 0.6 is 0 Å². The van der Waals surface area contributed by atoms with E-state index in [2.05, 4.69) is 30.2 Å². The molecule has 1 aromatic carbocycles. The molecule has 0 saturated heterocycles. The molecule has 0 radical (unpaired) electrons. The predicted molar refractivity (Wildman–Crippen MR) is 112 cm³/mol. The Labute approximate surface area is 174 Å². The predicted octanol–water partition coefficient (Wildman–Crippen LogP) is 2.69. The zero-order valence-electron chi connectivity index (χ0n) is 16.7. The van der Waals surface area contributed by atoms with Crippen LogP contribution in [0.25, 0.3) is 16.9 Å². The molecule has 4 aromatic rings. The molecule has 5 rings (SSSR count). The van der Waals surface area contributed by atoms with Crippen molar-refractivity contribution in [2.45, 2.75) is 38.6 Å². The molecule has 3 aromatic heterocycles. The molecule has 0 fully saturated rings. The van der Waals surface area contributed by atoms with E-state index in [-0.39, 0.29) is 5.91 Å². The maximum Gasteiger partial charge on any atom is 0.256 e. The number of aryl methyl sites for hydroxylation is 1. The van der Waals surface area contributed by atoms with Crippen molar-refractivity contribution in [2.24, 2.45) is 0 Å². The van der Waals surface area contributed by atoms with Gasteiger partial charge in [-0.25, -0.2) is 9.50 Å². The van der Waals surface area contributed by atoms with Gasteiger partial charge in [-0.05, 0) is 18.9 Å². The van der Waals surface area contributed by atoms with Gasteiger partial charge in [0, 0.05) is 37.7 Å². The average Bonchev–Trinajstić information content (AvgIpc) is 3.31. The summed E-state index contributed by atoms with van der Waals surface area (Å²) in [7, 11) is 0. The van der Waals surface area contributed by atoms with Crippen molar-refractivity contribution >= 4 is 11.6 Å². The fraction of sp³-hybridized carbons (Fsp3) is 0.318. The first-order valence-corrected chi connectivity index (χ1v) is 10.4. The van der Waals surface area contributed by atoms with E-state index >= 15 is 0 Å². The molecule has 0 saturated carbocycles. The molecule has 8 heteroatoms. The lowest BCUT2D eigenvalue weighted by molar-refractivity contribution is 0.0955. The molecule has 4 heterocycles. The van der Waals surface area contributed by atoms with Gasteiger partial charge in [-0.15, -0.1) is 10.2 Å². The first kappa shape index (κ1) is 18.5. The molecular formula is C22H23N7O. The Hall–Kier alpha value is -3.55. The lowest BCUT2D eigenvalue weighted by atomic mass is 10.1. The van der Waals surface area contributed by atoms with Crippen molar-refractivity contribution in [3.8, 4) is 11.3 Å². The molecule has 1 amide bonds. The summed E-state index contributed by atoms with van der Waals surface area (Å²) >= 11 is 0. The first-order chi connectivity index (χ1) is 14.8. The summed E-state index contributed by atoms with van der Waals surface area (Å²) in [4.78, 5) is 17.2. The van der Waals surface area contributed by atoms with Crippen LogP contribution in [-0.2, 0) is 19.4 Å². The van der Waals surface area contributed by atoms with Crippen LogP contribution in [0, 0.1) is 0 Å². The Morgan fingerprint density at radius 2 is 1.97 bits per heavy atom. The smallest absolute Gasteiger partial charge is 0.256 e. The van der Waals surface area contributed by atoms with Gasteiger partial charge in [0.05, 0.1) is 11.9 Å². The highest BCUT2D eigenvalue weighted by Gasteiger charge is 2.17. The zero-order chi connectivity index (χ0) is 20.3. The molecule has 1 aliphatic rings. The quantitative estimate of drug-likeness (QED) is 0.555. The molecule has 30 heavy (non-hydrogen) atoms. The van der Waals surface area contributed by atoms with Crippen LogP contribution in [0.5, 0.6) is 0 Å². The number of hydrogen-bond donors (Lipinski definition) is 1. The minimum atomic E-state index is -0.182. The lowest BCUT2D eigenvalue weighted by Crippen LogP contribution is -2.26. The molecule has 152 valence electrons. The van der Waals surface area contributed by atoms with Crippen LogP contribution in [0.15, 0.2) is 48.8 Å². The summed E-state index contributed by atoms with van der Waals surface area (Å²) in [5.74, 6) is 1.82. The molecule has 1 aliphatic heterocycles. The number of benzene rings is 1. The van der Waals surface area contributed by atoms with Gasteiger partial charge >= 0.3 is 0 Å². The van der Waals surface area contributed by atoms with E-state index in [1.165, 1.54) is 12.8 Å². The number of amides is 1. The second-order valence-electron chi connectivity index (χ2n) is 7.49. The van der Waals surface area contributed by atoms with Crippen LogP contribution in [0.2, 0.25) is 0 Å². The number of aromatic nitrogens is 6. The van der Waals surface area contributed by atoms with Gasteiger partial charge < -0.3 is 9.88 Å². The fourth-order valence-corrected chi connectivity index (χ4v) is 3.99. The van der Waals surface area contributed by atoms with Gasteiger partial charge in [-0.1, -0.05) is 36.8 Å². The van der Waals surface area contributed by atoms with E-state index in [4.69, 9.17) is 0 Å². The third-order valence-electron chi connectivity index (χ3n) is 5.54. The molecule has 0 unspecified atom stereocenters. The van der Waals surface area contributed by atoms with Gasteiger partial charge in [-0.2, -0.15) is 5.10 Å². The Balaban J connectivity index is 1.31. The number of nitrogens with zero attached hydrogens (tertiary/aromatic N) is 6. The highest BCUT2D eigenvalue weighted by atomic mass is 16.1. The number of carbonyl (C=O) groups is 1. The van der Waals surface area contributed by atoms with E-state index in [0.717, 1.165) is 42.3 Å². The number of hydrogen-bond acceptors (Lipinski definition) is 5. The van der Waals surface area contributed by atoms with E-state index in [1.807, 2.05) is 36.4 Å². The normalized spacial score (nSPS) is 13.7. The van der Waals surface area contributed by atoms with Crippen LogP contribution in [-0.4, -0.2) is 41.8 Å². The standard InChI is InChI=1S/C22H23N7O/c30-22(24-13-11-20-27-26-19-9-5-2-6-14-28(19)20)17-15-25-29-18(10-12-23-21(17)29)16-7-3-1-4-8-16/h1,3-4,7-8,10,12,15H,2,5-6,9,11,13-14H2,(H,24,30). The minimum absolute atomic E-state index is 0.182. The molecule has 0 atom stereocenters. The van der Waals surface area contributed by atoms with Crippen molar-refractivity contribution in [1.29, 1.82) is 0 Å². The minimum Gasteiger partial charge on any atom is -0.351 e.